The maximum absolute atomic E-state index is 12.7. The molecule has 1 aliphatic rings. The summed E-state index contributed by atoms with van der Waals surface area (Å²) in [6.07, 6.45) is 1.50. The van der Waals surface area contributed by atoms with Gasteiger partial charge < -0.3 is 19.6 Å². The van der Waals surface area contributed by atoms with E-state index in [0.29, 0.717) is 11.3 Å². The number of carbonyl (C=O) groups excluding carboxylic acids is 1. The number of rotatable bonds is 3. The Balaban J connectivity index is 1.85. The molecule has 0 unspecified atom stereocenters. The molecule has 1 aromatic heterocycles. The van der Waals surface area contributed by atoms with Crippen molar-refractivity contribution in [1.82, 2.24) is 4.98 Å². The molecule has 1 atom stereocenters. The Morgan fingerprint density at radius 1 is 1.10 bits per heavy atom. The largest absolute Gasteiger partial charge is 0.507 e. The van der Waals surface area contributed by atoms with E-state index in [4.69, 9.17) is 9.47 Å². The summed E-state index contributed by atoms with van der Waals surface area (Å²) in [5.74, 6) is -0.178. The van der Waals surface area contributed by atoms with E-state index in [-0.39, 0.29) is 24.0 Å². The van der Waals surface area contributed by atoms with Crippen molar-refractivity contribution in [3.63, 3.8) is 0 Å². The fourth-order valence-corrected chi connectivity index (χ4v) is 4.04. The van der Waals surface area contributed by atoms with Gasteiger partial charge in [-0.25, -0.2) is 4.79 Å². The first-order valence-electron chi connectivity index (χ1n) is 9.54. The van der Waals surface area contributed by atoms with Gasteiger partial charge in [-0.2, -0.15) is 0 Å². The minimum Gasteiger partial charge on any atom is -0.507 e. The summed E-state index contributed by atoms with van der Waals surface area (Å²) in [4.78, 5) is 16.0. The first-order chi connectivity index (χ1) is 14.2. The number of nitrogens with one attached hydrogen (secondary N) is 1. The number of fused-ring (bicyclic) bond motifs is 2. The van der Waals surface area contributed by atoms with Gasteiger partial charge in [0.1, 0.15) is 23.2 Å². The zero-order valence-electron chi connectivity index (χ0n) is 15.8. The van der Waals surface area contributed by atoms with Gasteiger partial charge in [0.05, 0.1) is 6.61 Å². The van der Waals surface area contributed by atoms with Gasteiger partial charge in [0, 0.05) is 33.8 Å². The van der Waals surface area contributed by atoms with Crippen molar-refractivity contribution in [2.75, 3.05) is 6.61 Å². The number of aromatic nitrogens is 1. The molecule has 5 rings (SSSR count). The predicted molar refractivity (Wildman–Crippen MR) is 110 cm³/mol. The summed E-state index contributed by atoms with van der Waals surface area (Å²) >= 11 is 0. The highest BCUT2D eigenvalue weighted by Crippen LogP contribution is 2.48. The highest BCUT2D eigenvalue weighted by Gasteiger charge is 2.31. The van der Waals surface area contributed by atoms with Crippen LogP contribution in [0.2, 0.25) is 0 Å². The summed E-state index contributed by atoms with van der Waals surface area (Å²) in [6, 6.07) is 19.1. The molecule has 144 valence electrons. The van der Waals surface area contributed by atoms with Crippen LogP contribution in [0.15, 0.2) is 66.9 Å². The molecule has 3 aromatic carbocycles. The minimum atomic E-state index is -0.574. The lowest BCUT2D eigenvalue weighted by Crippen LogP contribution is -2.10. The van der Waals surface area contributed by atoms with Crippen LogP contribution in [-0.2, 0) is 4.74 Å². The maximum atomic E-state index is 12.7. The van der Waals surface area contributed by atoms with E-state index in [9.17, 15) is 9.90 Å². The van der Waals surface area contributed by atoms with Crippen LogP contribution in [0, 0.1) is 0 Å². The molecular weight excluding hydrogens is 366 g/mol. The fourth-order valence-electron chi connectivity index (χ4n) is 4.04. The van der Waals surface area contributed by atoms with Gasteiger partial charge in [-0.15, -0.1) is 0 Å². The van der Waals surface area contributed by atoms with E-state index in [0.717, 1.165) is 27.6 Å². The van der Waals surface area contributed by atoms with Gasteiger partial charge in [-0.1, -0.05) is 42.5 Å². The summed E-state index contributed by atoms with van der Waals surface area (Å²) in [6.45, 7) is 1.96. The summed E-state index contributed by atoms with van der Waals surface area (Å²) in [5.41, 5.74) is 4.41. The van der Waals surface area contributed by atoms with Crippen LogP contribution in [-0.4, -0.2) is 22.7 Å². The average molecular weight is 385 g/mol. The predicted octanol–water partition coefficient (Wildman–Crippen LogP) is 5.20. The van der Waals surface area contributed by atoms with Gasteiger partial charge in [0.2, 0.25) is 0 Å². The van der Waals surface area contributed by atoms with Crippen LogP contribution in [0.25, 0.3) is 22.0 Å². The number of phenols is 1. The van der Waals surface area contributed by atoms with Crippen LogP contribution in [0.5, 0.6) is 11.5 Å². The molecule has 5 heteroatoms. The van der Waals surface area contributed by atoms with Crippen LogP contribution in [0.4, 0.5) is 0 Å². The Kier molecular flexibility index (Phi) is 4.02. The third-order valence-corrected chi connectivity index (χ3v) is 5.26. The summed E-state index contributed by atoms with van der Waals surface area (Å²) in [5, 5.41) is 11.5. The van der Waals surface area contributed by atoms with E-state index in [1.165, 1.54) is 6.07 Å². The van der Waals surface area contributed by atoms with E-state index in [1.807, 2.05) is 54.7 Å². The molecule has 0 amide bonds. The van der Waals surface area contributed by atoms with E-state index in [1.54, 1.807) is 13.0 Å². The fraction of sp³-hybridized carbons (Fsp3) is 0.125. The molecule has 0 saturated carbocycles. The molecule has 29 heavy (non-hydrogen) atoms. The monoisotopic (exact) mass is 385 g/mol. The zero-order valence-corrected chi connectivity index (χ0v) is 15.8. The molecule has 0 radical (unpaired) electrons. The van der Waals surface area contributed by atoms with Crippen LogP contribution < -0.4 is 4.74 Å². The molecule has 1 aliphatic heterocycles. The highest BCUT2D eigenvalue weighted by molar-refractivity contribution is 6.08. The van der Waals surface area contributed by atoms with Gasteiger partial charge >= 0.3 is 5.97 Å². The van der Waals surface area contributed by atoms with Crippen molar-refractivity contribution in [3.8, 4) is 22.6 Å². The number of phenolic OH excluding ortho intramolecular Hbond substituents is 1. The Labute approximate surface area is 167 Å². The Morgan fingerprint density at radius 2 is 1.93 bits per heavy atom. The molecule has 5 nitrogen and oxygen atoms in total. The summed E-state index contributed by atoms with van der Waals surface area (Å²) < 4.78 is 11.7. The molecule has 4 aromatic rings. The second-order valence-corrected chi connectivity index (χ2v) is 6.93. The standard InChI is InChI=1S/C24H19NO4/c1-2-28-24(27)22-18(26)11-12-19-21(22)16-13-25-17-10-6-9-15(20(16)17)23(29-19)14-7-4-3-5-8-14/h3-13,23,25-26H,2H2,1H3/t23-/m1/s1. The molecule has 0 fully saturated rings. The lowest BCUT2D eigenvalue weighted by atomic mass is 9.93. The molecule has 0 spiro atoms. The first kappa shape index (κ1) is 17.4. The lowest BCUT2D eigenvalue weighted by Gasteiger charge is -2.20. The number of ether oxygens (including phenoxy) is 2. The van der Waals surface area contributed by atoms with Crippen molar-refractivity contribution in [2.45, 2.75) is 13.0 Å². The third kappa shape index (κ3) is 2.66. The number of carbonyl (C=O) groups is 1. The summed E-state index contributed by atoms with van der Waals surface area (Å²) in [7, 11) is 0. The van der Waals surface area contributed by atoms with E-state index in [2.05, 4.69) is 4.98 Å². The Morgan fingerprint density at radius 3 is 2.72 bits per heavy atom. The third-order valence-electron chi connectivity index (χ3n) is 5.26. The van der Waals surface area contributed by atoms with Crippen LogP contribution in [0.3, 0.4) is 0 Å². The maximum Gasteiger partial charge on any atom is 0.342 e. The van der Waals surface area contributed by atoms with Crippen molar-refractivity contribution >= 4 is 16.9 Å². The quantitative estimate of drug-likeness (QED) is 0.476. The molecule has 0 bridgehead atoms. The van der Waals surface area contributed by atoms with Crippen molar-refractivity contribution < 1.29 is 19.4 Å². The van der Waals surface area contributed by atoms with Gasteiger partial charge in [0.15, 0.2) is 0 Å². The molecule has 0 aliphatic carbocycles. The number of esters is 1. The van der Waals surface area contributed by atoms with E-state index >= 15 is 0 Å². The SMILES string of the molecule is CCOC(=O)c1c(O)ccc2c1-c1c[nH]c3cccc(c13)[C@@H](c1ccccc1)O2. The number of hydrogen-bond acceptors (Lipinski definition) is 4. The van der Waals surface area contributed by atoms with E-state index < -0.39 is 5.97 Å². The Hall–Kier alpha value is -3.73. The second-order valence-electron chi connectivity index (χ2n) is 6.93. The number of benzene rings is 3. The first-order valence-corrected chi connectivity index (χ1v) is 9.54. The molecule has 2 heterocycles. The number of H-pyrrole nitrogens is 1. The smallest absolute Gasteiger partial charge is 0.342 e. The lowest BCUT2D eigenvalue weighted by molar-refractivity contribution is 0.0523. The minimum absolute atomic E-state index is 0.119. The number of hydrogen-bond donors (Lipinski definition) is 2. The molecule has 2 N–H and O–H groups in total. The zero-order chi connectivity index (χ0) is 20.0. The average Bonchev–Trinajstić information content (AvgIpc) is 3.11. The van der Waals surface area contributed by atoms with Crippen molar-refractivity contribution in [1.29, 1.82) is 0 Å². The topological polar surface area (TPSA) is 71.5 Å². The highest BCUT2D eigenvalue weighted by atomic mass is 16.5. The van der Waals surface area contributed by atoms with Gasteiger partial charge in [-0.3, -0.25) is 0 Å². The number of aromatic hydroxyl groups is 1. The van der Waals surface area contributed by atoms with Crippen molar-refractivity contribution in [3.05, 3.63) is 83.6 Å². The van der Waals surface area contributed by atoms with Crippen molar-refractivity contribution in [2.24, 2.45) is 0 Å². The van der Waals surface area contributed by atoms with Crippen LogP contribution in [0.1, 0.15) is 34.5 Å². The van der Waals surface area contributed by atoms with Gasteiger partial charge in [0.25, 0.3) is 0 Å². The number of aromatic amines is 1. The normalized spacial score (nSPS) is 14.7. The Bertz CT molecular complexity index is 1230. The molecule has 0 saturated heterocycles. The van der Waals surface area contributed by atoms with Crippen LogP contribution >= 0.6 is 0 Å². The molecular formula is C24H19NO4. The second kappa shape index (κ2) is 6.71. The van der Waals surface area contributed by atoms with Gasteiger partial charge in [-0.05, 0) is 30.7 Å².